The molecule has 0 fully saturated rings. The van der Waals surface area contributed by atoms with E-state index < -0.39 is 6.04 Å². The van der Waals surface area contributed by atoms with Crippen molar-refractivity contribution in [3.63, 3.8) is 0 Å². The summed E-state index contributed by atoms with van der Waals surface area (Å²) in [5.74, 6) is -0.492. The van der Waals surface area contributed by atoms with E-state index in [2.05, 4.69) is 42.5 Å². The maximum absolute atomic E-state index is 12.1. The van der Waals surface area contributed by atoms with E-state index in [4.69, 9.17) is 0 Å². The number of halogens is 2. The van der Waals surface area contributed by atoms with E-state index in [0.717, 1.165) is 4.47 Å². The molecule has 0 radical (unpaired) electrons. The molecule has 1 aromatic carbocycles. The van der Waals surface area contributed by atoms with Crippen molar-refractivity contribution in [3.05, 3.63) is 32.7 Å². The predicted molar refractivity (Wildman–Crippen MR) is 82.0 cm³/mol. The van der Waals surface area contributed by atoms with E-state index in [-0.39, 0.29) is 17.9 Å². The number of carbonyl (C=O) groups is 2. The van der Waals surface area contributed by atoms with Gasteiger partial charge in [0.2, 0.25) is 5.91 Å². The molecule has 1 unspecified atom stereocenters. The van der Waals surface area contributed by atoms with Crippen LogP contribution in [0.3, 0.4) is 0 Å². The minimum Gasteiger partial charge on any atom is -0.352 e. The van der Waals surface area contributed by atoms with Crippen molar-refractivity contribution in [2.75, 3.05) is 0 Å². The molecule has 0 aliphatic heterocycles. The number of nitrogens with one attached hydrogen (secondary N) is 2. The standard InChI is InChI=1S/C13H16Br2N2O2/c1-7(2)16-12(18)8(3)17-13(19)10-6-9(14)4-5-11(10)15/h4-8H,1-3H3,(H,16,18)(H,17,19). The van der Waals surface area contributed by atoms with Gasteiger partial charge in [0.25, 0.3) is 5.91 Å². The molecule has 0 aliphatic carbocycles. The average Bonchev–Trinajstić information content (AvgIpc) is 2.31. The zero-order valence-corrected chi connectivity index (χ0v) is 14.1. The number of rotatable bonds is 4. The first-order valence-electron chi connectivity index (χ1n) is 5.87. The van der Waals surface area contributed by atoms with Crippen LogP contribution in [0.15, 0.2) is 27.1 Å². The maximum Gasteiger partial charge on any atom is 0.253 e. The smallest absolute Gasteiger partial charge is 0.253 e. The molecule has 2 N–H and O–H groups in total. The zero-order chi connectivity index (χ0) is 14.6. The van der Waals surface area contributed by atoms with Gasteiger partial charge in [0.05, 0.1) is 5.56 Å². The van der Waals surface area contributed by atoms with Crippen LogP contribution in [0.2, 0.25) is 0 Å². The molecule has 2 amide bonds. The molecule has 4 nitrogen and oxygen atoms in total. The summed E-state index contributed by atoms with van der Waals surface area (Å²) in [5, 5.41) is 5.42. The van der Waals surface area contributed by atoms with Crippen molar-refractivity contribution in [3.8, 4) is 0 Å². The minimum atomic E-state index is -0.583. The van der Waals surface area contributed by atoms with Gasteiger partial charge in [0.15, 0.2) is 0 Å². The van der Waals surface area contributed by atoms with Gasteiger partial charge < -0.3 is 10.6 Å². The van der Waals surface area contributed by atoms with Crippen LogP contribution in [0.1, 0.15) is 31.1 Å². The summed E-state index contributed by atoms with van der Waals surface area (Å²) in [5.41, 5.74) is 0.485. The van der Waals surface area contributed by atoms with Crippen molar-refractivity contribution < 1.29 is 9.59 Å². The largest absolute Gasteiger partial charge is 0.352 e. The Morgan fingerprint density at radius 1 is 1.11 bits per heavy atom. The molecule has 19 heavy (non-hydrogen) atoms. The second kappa shape index (κ2) is 7.05. The van der Waals surface area contributed by atoms with E-state index in [1.165, 1.54) is 0 Å². The van der Waals surface area contributed by atoms with Crippen LogP contribution in [0.5, 0.6) is 0 Å². The fourth-order valence-corrected chi connectivity index (χ4v) is 2.21. The van der Waals surface area contributed by atoms with Crippen molar-refractivity contribution in [2.24, 2.45) is 0 Å². The van der Waals surface area contributed by atoms with Crippen molar-refractivity contribution in [1.82, 2.24) is 10.6 Å². The molecule has 6 heteroatoms. The third kappa shape index (κ3) is 4.95. The van der Waals surface area contributed by atoms with Crippen LogP contribution in [0.25, 0.3) is 0 Å². The third-order valence-electron chi connectivity index (χ3n) is 2.34. The summed E-state index contributed by atoms with van der Waals surface area (Å²) in [6.45, 7) is 5.40. The molecule has 1 aromatic rings. The lowest BCUT2D eigenvalue weighted by Crippen LogP contribution is -2.46. The zero-order valence-electron chi connectivity index (χ0n) is 11.0. The summed E-state index contributed by atoms with van der Waals surface area (Å²) in [4.78, 5) is 23.8. The molecule has 0 aromatic heterocycles. The van der Waals surface area contributed by atoms with E-state index in [9.17, 15) is 9.59 Å². The lowest BCUT2D eigenvalue weighted by molar-refractivity contribution is -0.123. The summed E-state index contributed by atoms with van der Waals surface area (Å²) >= 11 is 6.63. The number of carbonyl (C=O) groups excluding carboxylic acids is 2. The molecular weight excluding hydrogens is 376 g/mol. The highest BCUT2D eigenvalue weighted by Gasteiger charge is 2.18. The van der Waals surface area contributed by atoms with Gasteiger partial charge in [0, 0.05) is 15.0 Å². The van der Waals surface area contributed by atoms with Crippen molar-refractivity contribution in [2.45, 2.75) is 32.9 Å². The quantitative estimate of drug-likeness (QED) is 0.828. The number of amides is 2. The first-order valence-corrected chi connectivity index (χ1v) is 7.46. The highest BCUT2D eigenvalue weighted by Crippen LogP contribution is 2.21. The Morgan fingerprint density at radius 3 is 2.32 bits per heavy atom. The second-order valence-corrected chi connectivity index (χ2v) is 6.25. The Hall–Kier alpha value is -0.880. The topological polar surface area (TPSA) is 58.2 Å². The fourth-order valence-electron chi connectivity index (χ4n) is 1.42. The van der Waals surface area contributed by atoms with Gasteiger partial charge in [-0.1, -0.05) is 15.9 Å². The highest BCUT2D eigenvalue weighted by molar-refractivity contribution is 9.11. The monoisotopic (exact) mass is 390 g/mol. The van der Waals surface area contributed by atoms with E-state index in [1.807, 2.05) is 19.9 Å². The lowest BCUT2D eigenvalue weighted by atomic mass is 10.2. The van der Waals surface area contributed by atoms with Crippen molar-refractivity contribution in [1.29, 1.82) is 0 Å². The highest BCUT2D eigenvalue weighted by atomic mass is 79.9. The van der Waals surface area contributed by atoms with Crippen LogP contribution in [0.4, 0.5) is 0 Å². The van der Waals surface area contributed by atoms with Crippen LogP contribution >= 0.6 is 31.9 Å². The van der Waals surface area contributed by atoms with E-state index >= 15 is 0 Å². The lowest BCUT2D eigenvalue weighted by Gasteiger charge is -2.16. The molecule has 1 atom stereocenters. The SMILES string of the molecule is CC(C)NC(=O)C(C)NC(=O)c1cc(Br)ccc1Br. The fraction of sp³-hybridized carbons (Fsp3) is 0.385. The second-order valence-electron chi connectivity index (χ2n) is 4.48. The van der Waals surface area contributed by atoms with Gasteiger partial charge in [-0.15, -0.1) is 0 Å². The molecule has 0 saturated heterocycles. The maximum atomic E-state index is 12.1. The Balaban J connectivity index is 2.74. The molecule has 1 rings (SSSR count). The van der Waals surface area contributed by atoms with E-state index in [1.54, 1.807) is 19.1 Å². The Labute approximate surface area is 129 Å². The summed E-state index contributed by atoms with van der Waals surface area (Å²) in [7, 11) is 0. The number of hydrogen-bond donors (Lipinski definition) is 2. The Bertz CT molecular complexity index is 490. The van der Waals surface area contributed by atoms with Crippen LogP contribution in [-0.4, -0.2) is 23.9 Å². The first-order chi connectivity index (χ1) is 8.81. The van der Waals surface area contributed by atoms with Crippen LogP contribution < -0.4 is 10.6 Å². The van der Waals surface area contributed by atoms with Gasteiger partial charge in [-0.25, -0.2) is 0 Å². The number of benzene rings is 1. The molecule has 0 aliphatic rings. The number of hydrogen-bond acceptors (Lipinski definition) is 2. The summed E-state index contributed by atoms with van der Waals surface area (Å²) in [6.07, 6.45) is 0. The molecule has 0 spiro atoms. The predicted octanol–water partition coefficient (Wildman–Crippen LogP) is 2.85. The third-order valence-corrected chi connectivity index (χ3v) is 3.53. The summed E-state index contributed by atoms with van der Waals surface area (Å²) < 4.78 is 1.49. The van der Waals surface area contributed by atoms with Gasteiger partial charge in [-0.2, -0.15) is 0 Å². The Morgan fingerprint density at radius 2 is 1.74 bits per heavy atom. The van der Waals surface area contributed by atoms with E-state index in [0.29, 0.717) is 10.0 Å². The summed E-state index contributed by atoms with van der Waals surface area (Å²) in [6, 6.07) is 4.77. The average molecular weight is 392 g/mol. The first kappa shape index (κ1) is 16.2. The van der Waals surface area contributed by atoms with Crippen LogP contribution in [0, 0.1) is 0 Å². The molecule has 0 heterocycles. The van der Waals surface area contributed by atoms with Gasteiger partial charge >= 0.3 is 0 Å². The van der Waals surface area contributed by atoms with Crippen molar-refractivity contribution >= 4 is 43.7 Å². The van der Waals surface area contributed by atoms with Crippen LogP contribution in [-0.2, 0) is 4.79 Å². The van der Waals surface area contributed by atoms with Gasteiger partial charge in [-0.3, -0.25) is 9.59 Å². The van der Waals surface area contributed by atoms with Gasteiger partial charge in [-0.05, 0) is 54.9 Å². The molecular formula is C13H16Br2N2O2. The Kier molecular flexibility index (Phi) is 6.00. The van der Waals surface area contributed by atoms with Gasteiger partial charge in [0.1, 0.15) is 6.04 Å². The molecule has 0 bridgehead atoms. The molecule has 0 saturated carbocycles. The molecule has 104 valence electrons. The normalized spacial score (nSPS) is 12.1. The minimum absolute atomic E-state index is 0.0458.